The molecule has 0 aromatic heterocycles. The summed E-state index contributed by atoms with van der Waals surface area (Å²) in [5, 5.41) is 7.06. The van der Waals surface area contributed by atoms with Gasteiger partial charge in [-0.3, -0.25) is 4.79 Å². The van der Waals surface area contributed by atoms with E-state index in [1.807, 2.05) is 24.3 Å². The first-order valence-electron chi connectivity index (χ1n) is 6.98. The molecule has 2 N–H and O–H groups in total. The quantitative estimate of drug-likeness (QED) is 0.813. The molecule has 1 aliphatic rings. The van der Waals surface area contributed by atoms with Crippen LogP contribution >= 0.6 is 11.6 Å². The van der Waals surface area contributed by atoms with E-state index in [9.17, 15) is 4.79 Å². The van der Waals surface area contributed by atoms with Gasteiger partial charge in [0.25, 0.3) is 0 Å². The van der Waals surface area contributed by atoms with Gasteiger partial charge in [0.05, 0.1) is 5.92 Å². The standard InChI is InChI=1S/C15H21ClN2O/c16-14-7-5-12(6-8-14)3-1-10-18-15(19)13-4-2-9-17-11-13/h5-8,13,17H,1-4,9-11H2,(H,18,19). The molecule has 0 bridgehead atoms. The van der Waals surface area contributed by atoms with E-state index in [2.05, 4.69) is 10.6 Å². The number of piperidine rings is 1. The molecule has 4 heteroatoms. The largest absolute Gasteiger partial charge is 0.356 e. The minimum absolute atomic E-state index is 0.157. The molecule has 19 heavy (non-hydrogen) atoms. The maximum Gasteiger partial charge on any atom is 0.224 e. The molecule has 1 unspecified atom stereocenters. The minimum atomic E-state index is 0.157. The highest BCUT2D eigenvalue weighted by Gasteiger charge is 2.19. The van der Waals surface area contributed by atoms with Gasteiger partial charge in [-0.25, -0.2) is 0 Å². The Hall–Kier alpha value is -1.06. The van der Waals surface area contributed by atoms with Crippen LogP contribution in [0.5, 0.6) is 0 Å². The van der Waals surface area contributed by atoms with Gasteiger partial charge in [0, 0.05) is 18.1 Å². The predicted octanol–water partition coefficient (Wildman–Crippen LogP) is 2.39. The fourth-order valence-electron chi connectivity index (χ4n) is 2.38. The number of benzene rings is 1. The van der Waals surface area contributed by atoms with Gasteiger partial charge in [-0.1, -0.05) is 23.7 Å². The number of amides is 1. The SMILES string of the molecule is O=C(NCCCc1ccc(Cl)cc1)C1CCCNC1. The second-order valence-electron chi connectivity index (χ2n) is 5.06. The molecule has 1 aromatic rings. The molecule has 1 saturated heterocycles. The van der Waals surface area contributed by atoms with Gasteiger partial charge in [0.1, 0.15) is 0 Å². The van der Waals surface area contributed by atoms with Crippen LogP contribution in [-0.4, -0.2) is 25.5 Å². The van der Waals surface area contributed by atoms with E-state index in [1.165, 1.54) is 5.56 Å². The lowest BCUT2D eigenvalue weighted by Gasteiger charge is -2.21. The van der Waals surface area contributed by atoms with Crippen molar-refractivity contribution in [2.75, 3.05) is 19.6 Å². The number of halogens is 1. The lowest BCUT2D eigenvalue weighted by molar-refractivity contribution is -0.125. The van der Waals surface area contributed by atoms with Crippen molar-refractivity contribution in [3.05, 3.63) is 34.9 Å². The zero-order chi connectivity index (χ0) is 13.5. The van der Waals surface area contributed by atoms with Crippen molar-refractivity contribution in [1.29, 1.82) is 0 Å². The second kappa shape index (κ2) is 7.51. The topological polar surface area (TPSA) is 41.1 Å². The fourth-order valence-corrected chi connectivity index (χ4v) is 2.50. The second-order valence-corrected chi connectivity index (χ2v) is 5.50. The van der Waals surface area contributed by atoms with Crippen molar-refractivity contribution >= 4 is 17.5 Å². The fraction of sp³-hybridized carbons (Fsp3) is 0.533. The molecule has 1 aromatic carbocycles. The summed E-state index contributed by atoms with van der Waals surface area (Å²) in [5.74, 6) is 0.354. The van der Waals surface area contributed by atoms with Crippen LogP contribution < -0.4 is 10.6 Å². The summed E-state index contributed by atoms with van der Waals surface area (Å²) in [6.07, 6.45) is 4.05. The Morgan fingerprint density at radius 1 is 1.37 bits per heavy atom. The van der Waals surface area contributed by atoms with Gasteiger partial charge in [-0.2, -0.15) is 0 Å². The number of hydrogen-bond acceptors (Lipinski definition) is 2. The Morgan fingerprint density at radius 3 is 2.84 bits per heavy atom. The smallest absolute Gasteiger partial charge is 0.224 e. The Labute approximate surface area is 119 Å². The Bertz CT molecular complexity index is 399. The highest BCUT2D eigenvalue weighted by atomic mass is 35.5. The van der Waals surface area contributed by atoms with Crippen LogP contribution in [0, 0.1) is 5.92 Å². The summed E-state index contributed by atoms with van der Waals surface area (Å²) in [6, 6.07) is 7.89. The third kappa shape index (κ3) is 4.84. The van der Waals surface area contributed by atoms with Gasteiger partial charge in [-0.15, -0.1) is 0 Å². The van der Waals surface area contributed by atoms with Crippen LogP contribution in [0.15, 0.2) is 24.3 Å². The molecule has 0 saturated carbocycles. The molecule has 2 rings (SSSR count). The van der Waals surface area contributed by atoms with E-state index < -0.39 is 0 Å². The molecule has 1 atom stereocenters. The van der Waals surface area contributed by atoms with Gasteiger partial charge >= 0.3 is 0 Å². The summed E-state index contributed by atoms with van der Waals surface area (Å²) in [7, 11) is 0. The first kappa shape index (κ1) is 14.4. The number of hydrogen-bond donors (Lipinski definition) is 2. The summed E-state index contributed by atoms with van der Waals surface area (Å²) < 4.78 is 0. The highest BCUT2D eigenvalue weighted by molar-refractivity contribution is 6.30. The zero-order valence-electron chi connectivity index (χ0n) is 11.1. The maximum absolute atomic E-state index is 11.9. The lowest BCUT2D eigenvalue weighted by Crippen LogP contribution is -2.40. The summed E-state index contributed by atoms with van der Waals surface area (Å²) >= 11 is 5.84. The van der Waals surface area contributed by atoms with Crippen molar-refractivity contribution in [3.63, 3.8) is 0 Å². The molecule has 1 fully saturated rings. The van der Waals surface area contributed by atoms with Gasteiger partial charge in [-0.05, 0) is 49.9 Å². The highest BCUT2D eigenvalue weighted by Crippen LogP contribution is 2.11. The van der Waals surface area contributed by atoms with E-state index in [0.717, 1.165) is 50.3 Å². The molecule has 1 heterocycles. The van der Waals surface area contributed by atoms with Crippen LogP contribution in [-0.2, 0) is 11.2 Å². The van der Waals surface area contributed by atoms with Crippen LogP contribution in [0.25, 0.3) is 0 Å². The van der Waals surface area contributed by atoms with Crippen LogP contribution in [0.2, 0.25) is 5.02 Å². The minimum Gasteiger partial charge on any atom is -0.356 e. The van der Waals surface area contributed by atoms with Crippen molar-refractivity contribution in [2.24, 2.45) is 5.92 Å². The Balaban J connectivity index is 1.63. The van der Waals surface area contributed by atoms with E-state index in [0.29, 0.717) is 0 Å². The normalized spacial score (nSPS) is 19.1. The van der Waals surface area contributed by atoms with E-state index in [-0.39, 0.29) is 11.8 Å². The average Bonchev–Trinajstić information content (AvgIpc) is 2.46. The Kier molecular flexibility index (Phi) is 5.67. The first-order valence-corrected chi connectivity index (χ1v) is 7.36. The number of rotatable bonds is 5. The lowest BCUT2D eigenvalue weighted by atomic mass is 9.99. The molecule has 104 valence electrons. The molecule has 1 amide bonds. The third-order valence-electron chi connectivity index (χ3n) is 3.52. The number of carbonyl (C=O) groups is 1. The predicted molar refractivity (Wildman–Crippen MR) is 78.4 cm³/mol. The van der Waals surface area contributed by atoms with E-state index in [4.69, 9.17) is 11.6 Å². The molecule has 0 aliphatic carbocycles. The summed E-state index contributed by atoms with van der Waals surface area (Å²) in [5.41, 5.74) is 1.26. The molecular weight excluding hydrogens is 260 g/mol. The van der Waals surface area contributed by atoms with Crippen molar-refractivity contribution in [1.82, 2.24) is 10.6 Å². The van der Waals surface area contributed by atoms with E-state index >= 15 is 0 Å². The number of aryl methyl sites for hydroxylation is 1. The zero-order valence-corrected chi connectivity index (χ0v) is 11.9. The van der Waals surface area contributed by atoms with Crippen molar-refractivity contribution < 1.29 is 4.79 Å². The van der Waals surface area contributed by atoms with Crippen LogP contribution in [0.3, 0.4) is 0 Å². The molecular formula is C15H21ClN2O. The maximum atomic E-state index is 11.9. The monoisotopic (exact) mass is 280 g/mol. The van der Waals surface area contributed by atoms with Crippen LogP contribution in [0.1, 0.15) is 24.8 Å². The molecule has 0 radical (unpaired) electrons. The van der Waals surface area contributed by atoms with E-state index in [1.54, 1.807) is 0 Å². The first-order chi connectivity index (χ1) is 9.25. The number of carbonyl (C=O) groups excluding carboxylic acids is 1. The summed E-state index contributed by atoms with van der Waals surface area (Å²) in [4.78, 5) is 11.9. The van der Waals surface area contributed by atoms with Gasteiger partial charge < -0.3 is 10.6 Å². The Morgan fingerprint density at radius 2 is 2.16 bits per heavy atom. The molecule has 0 spiro atoms. The third-order valence-corrected chi connectivity index (χ3v) is 3.77. The van der Waals surface area contributed by atoms with Crippen LogP contribution in [0.4, 0.5) is 0 Å². The van der Waals surface area contributed by atoms with Gasteiger partial charge in [0.2, 0.25) is 5.91 Å². The van der Waals surface area contributed by atoms with Gasteiger partial charge in [0.15, 0.2) is 0 Å². The van der Waals surface area contributed by atoms with Crippen molar-refractivity contribution in [2.45, 2.75) is 25.7 Å². The number of nitrogens with one attached hydrogen (secondary N) is 2. The molecule has 3 nitrogen and oxygen atoms in total. The van der Waals surface area contributed by atoms with Crippen molar-refractivity contribution in [3.8, 4) is 0 Å². The average molecular weight is 281 g/mol. The molecule has 1 aliphatic heterocycles. The summed E-state index contributed by atoms with van der Waals surface area (Å²) in [6.45, 7) is 2.61.